The third-order valence-corrected chi connectivity index (χ3v) is 3.80. The summed E-state index contributed by atoms with van der Waals surface area (Å²) in [5, 5.41) is 8.66. The molecule has 0 atom stereocenters. The van der Waals surface area contributed by atoms with Crippen molar-refractivity contribution >= 4 is 0 Å². The van der Waals surface area contributed by atoms with Gasteiger partial charge in [-0.05, 0) is 49.7 Å². The summed E-state index contributed by atoms with van der Waals surface area (Å²) in [5.74, 6) is -1.71. The predicted molar refractivity (Wildman–Crippen MR) is 75.6 cm³/mol. The summed E-state index contributed by atoms with van der Waals surface area (Å²) in [4.78, 5) is 0. The van der Waals surface area contributed by atoms with Crippen LogP contribution in [0.15, 0.2) is 12.1 Å². The highest BCUT2D eigenvalue weighted by molar-refractivity contribution is 5.33. The van der Waals surface area contributed by atoms with E-state index in [4.69, 9.17) is 14.6 Å². The lowest BCUT2D eigenvalue weighted by Crippen LogP contribution is -2.16. The molecule has 1 heterocycles. The van der Waals surface area contributed by atoms with E-state index in [2.05, 4.69) is 0 Å². The Morgan fingerprint density at radius 3 is 2.57 bits per heavy atom. The first-order valence-electron chi connectivity index (χ1n) is 7.53. The molecule has 0 unspecified atom stereocenters. The number of aliphatic hydroxyl groups excluding tert-OH is 1. The Morgan fingerprint density at radius 2 is 1.86 bits per heavy atom. The van der Waals surface area contributed by atoms with Crippen LogP contribution in [0.2, 0.25) is 0 Å². The van der Waals surface area contributed by atoms with Crippen LogP contribution in [0.3, 0.4) is 0 Å². The number of unbranched alkanes of at least 4 members (excludes halogenated alkanes) is 2. The highest BCUT2D eigenvalue weighted by atomic mass is 19.2. The molecule has 1 aromatic rings. The molecule has 21 heavy (non-hydrogen) atoms. The van der Waals surface area contributed by atoms with Crippen LogP contribution in [0.25, 0.3) is 0 Å². The topological polar surface area (TPSA) is 38.7 Å². The molecule has 0 amide bonds. The van der Waals surface area contributed by atoms with E-state index in [-0.39, 0.29) is 18.3 Å². The predicted octanol–water partition coefficient (Wildman–Crippen LogP) is 3.40. The van der Waals surface area contributed by atoms with Crippen molar-refractivity contribution in [3.05, 3.63) is 29.3 Å². The van der Waals surface area contributed by atoms with Gasteiger partial charge in [-0.3, -0.25) is 0 Å². The molecule has 1 aromatic carbocycles. The fourth-order valence-corrected chi connectivity index (χ4v) is 2.55. The van der Waals surface area contributed by atoms with Crippen molar-refractivity contribution in [2.24, 2.45) is 0 Å². The van der Waals surface area contributed by atoms with E-state index in [1.54, 1.807) is 6.07 Å². The molecule has 1 aliphatic heterocycles. The van der Waals surface area contributed by atoms with E-state index >= 15 is 0 Å². The maximum atomic E-state index is 14.1. The Balaban J connectivity index is 1.96. The van der Waals surface area contributed by atoms with E-state index in [0.717, 1.165) is 19.3 Å². The maximum Gasteiger partial charge on any atom is 0.200 e. The molecule has 0 bridgehead atoms. The summed E-state index contributed by atoms with van der Waals surface area (Å²) in [6.07, 6.45) is 3.66. The monoisotopic (exact) mass is 300 g/mol. The summed E-state index contributed by atoms with van der Waals surface area (Å²) < 4.78 is 38.7. The zero-order valence-electron chi connectivity index (χ0n) is 12.1. The van der Waals surface area contributed by atoms with Gasteiger partial charge in [0.15, 0.2) is 11.6 Å². The number of halogens is 2. The summed E-state index contributed by atoms with van der Waals surface area (Å²) >= 11 is 0. The molecule has 1 saturated heterocycles. The highest BCUT2D eigenvalue weighted by Gasteiger charge is 2.23. The molecule has 1 aliphatic rings. The van der Waals surface area contributed by atoms with Crippen LogP contribution >= 0.6 is 0 Å². The van der Waals surface area contributed by atoms with Crippen LogP contribution in [-0.4, -0.2) is 31.5 Å². The number of ether oxygens (including phenoxy) is 2. The number of hydrogen-bond acceptors (Lipinski definition) is 3. The largest absolute Gasteiger partial charge is 0.490 e. The zero-order chi connectivity index (χ0) is 15.1. The van der Waals surface area contributed by atoms with Gasteiger partial charge in [0, 0.05) is 19.8 Å². The van der Waals surface area contributed by atoms with Gasteiger partial charge in [0.25, 0.3) is 0 Å². The minimum Gasteiger partial charge on any atom is -0.490 e. The SMILES string of the molecule is OCCCCCOc1ccc(C2CCOCC2)c(F)c1F. The molecular weight excluding hydrogens is 278 g/mol. The Hall–Kier alpha value is -1.20. The molecule has 5 heteroatoms. The maximum absolute atomic E-state index is 14.1. The minimum absolute atomic E-state index is 0.0202. The van der Waals surface area contributed by atoms with Gasteiger partial charge < -0.3 is 14.6 Å². The van der Waals surface area contributed by atoms with Gasteiger partial charge in [-0.1, -0.05) is 6.07 Å². The molecule has 0 radical (unpaired) electrons. The Morgan fingerprint density at radius 1 is 1.10 bits per heavy atom. The van der Waals surface area contributed by atoms with Gasteiger partial charge in [-0.15, -0.1) is 0 Å². The van der Waals surface area contributed by atoms with Crippen LogP contribution in [0.1, 0.15) is 43.6 Å². The van der Waals surface area contributed by atoms with Crippen LogP contribution in [0.4, 0.5) is 8.78 Å². The van der Waals surface area contributed by atoms with Gasteiger partial charge in [0.05, 0.1) is 6.61 Å². The molecule has 118 valence electrons. The number of aliphatic hydroxyl groups is 1. The second-order valence-electron chi connectivity index (χ2n) is 5.30. The fourth-order valence-electron chi connectivity index (χ4n) is 2.55. The van der Waals surface area contributed by atoms with Crippen LogP contribution in [-0.2, 0) is 4.74 Å². The first-order chi connectivity index (χ1) is 10.2. The van der Waals surface area contributed by atoms with Gasteiger partial charge in [-0.2, -0.15) is 4.39 Å². The smallest absolute Gasteiger partial charge is 0.200 e. The first kappa shape index (κ1) is 16.2. The van der Waals surface area contributed by atoms with Crippen LogP contribution in [0.5, 0.6) is 5.75 Å². The van der Waals surface area contributed by atoms with Crippen molar-refractivity contribution in [3.8, 4) is 5.75 Å². The zero-order valence-corrected chi connectivity index (χ0v) is 12.1. The Labute approximate surface area is 123 Å². The average Bonchev–Trinajstić information content (AvgIpc) is 2.52. The standard InChI is InChI=1S/C16H22F2O3/c17-15-13(12-6-10-20-11-7-12)4-5-14(16(15)18)21-9-3-1-2-8-19/h4-5,12,19H,1-3,6-11H2. The molecule has 3 nitrogen and oxygen atoms in total. The molecular formula is C16H22F2O3. The van der Waals surface area contributed by atoms with Crippen molar-refractivity contribution in [1.82, 2.24) is 0 Å². The van der Waals surface area contributed by atoms with E-state index in [9.17, 15) is 8.78 Å². The van der Waals surface area contributed by atoms with Crippen molar-refractivity contribution in [3.63, 3.8) is 0 Å². The molecule has 0 aliphatic carbocycles. The van der Waals surface area contributed by atoms with Gasteiger partial charge >= 0.3 is 0 Å². The third kappa shape index (κ3) is 4.38. The molecule has 0 saturated carbocycles. The molecule has 1 fully saturated rings. The quantitative estimate of drug-likeness (QED) is 0.784. The van der Waals surface area contributed by atoms with Gasteiger partial charge in [-0.25, -0.2) is 4.39 Å². The number of rotatable bonds is 7. The lowest BCUT2D eigenvalue weighted by atomic mass is 9.91. The summed E-state index contributed by atoms with van der Waals surface area (Å²) in [6, 6.07) is 3.13. The molecule has 0 aromatic heterocycles. The summed E-state index contributed by atoms with van der Waals surface area (Å²) in [7, 11) is 0. The molecule has 2 rings (SSSR count). The van der Waals surface area contributed by atoms with E-state index in [1.165, 1.54) is 6.07 Å². The lowest BCUT2D eigenvalue weighted by Gasteiger charge is -2.23. The second kappa shape index (κ2) is 8.29. The highest BCUT2D eigenvalue weighted by Crippen LogP contribution is 2.32. The fraction of sp³-hybridized carbons (Fsp3) is 0.625. The first-order valence-corrected chi connectivity index (χ1v) is 7.53. The lowest BCUT2D eigenvalue weighted by molar-refractivity contribution is 0.0844. The van der Waals surface area contributed by atoms with Crippen molar-refractivity contribution < 1.29 is 23.4 Å². The normalized spacial score (nSPS) is 16.1. The van der Waals surface area contributed by atoms with Crippen molar-refractivity contribution in [2.45, 2.75) is 38.0 Å². The van der Waals surface area contributed by atoms with Gasteiger partial charge in [0.1, 0.15) is 0 Å². The molecule has 1 N–H and O–H groups in total. The van der Waals surface area contributed by atoms with Crippen LogP contribution < -0.4 is 4.74 Å². The summed E-state index contributed by atoms with van der Waals surface area (Å²) in [5.41, 5.74) is 0.420. The Bertz CT molecular complexity index is 445. The van der Waals surface area contributed by atoms with Crippen molar-refractivity contribution in [1.29, 1.82) is 0 Å². The number of hydrogen-bond donors (Lipinski definition) is 1. The van der Waals surface area contributed by atoms with Gasteiger partial charge in [0.2, 0.25) is 5.82 Å². The third-order valence-electron chi connectivity index (χ3n) is 3.80. The molecule has 0 spiro atoms. The Kier molecular flexibility index (Phi) is 6.39. The van der Waals surface area contributed by atoms with E-state index in [1.807, 2.05) is 0 Å². The van der Waals surface area contributed by atoms with Crippen LogP contribution in [0, 0.1) is 11.6 Å². The van der Waals surface area contributed by atoms with Crippen molar-refractivity contribution in [2.75, 3.05) is 26.4 Å². The van der Waals surface area contributed by atoms with E-state index in [0.29, 0.717) is 38.2 Å². The summed E-state index contributed by atoms with van der Waals surface area (Å²) in [6.45, 7) is 1.65. The minimum atomic E-state index is -0.902. The average molecular weight is 300 g/mol. The second-order valence-corrected chi connectivity index (χ2v) is 5.30. The number of benzene rings is 1. The van der Waals surface area contributed by atoms with E-state index < -0.39 is 11.6 Å².